The lowest BCUT2D eigenvalue weighted by atomic mass is 9.83. The van der Waals surface area contributed by atoms with Crippen LogP contribution in [0.1, 0.15) is 98.8 Å². The molecule has 0 saturated carbocycles. The van der Waals surface area contributed by atoms with E-state index in [0.29, 0.717) is 0 Å². The fourth-order valence-electron chi connectivity index (χ4n) is 7.95. The van der Waals surface area contributed by atoms with E-state index >= 15 is 0 Å². The maximum atomic E-state index is 12.6. The Morgan fingerprint density at radius 2 is 1.22 bits per heavy atom. The Bertz CT molecular complexity index is 1520. The molecule has 63 heavy (non-hydrogen) atoms. The van der Waals surface area contributed by atoms with Gasteiger partial charge >= 0.3 is 5.97 Å². The summed E-state index contributed by atoms with van der Waals surface area (Å²) >= 11 is 0. The van der Waals surface area contributed by atoms with E-state index in [0.717, 1.165) is 12.8 Å². The van der Waals surface area contributed by atoms with Crippen molar-refractivity contribution in [1.82, 2.24) is 0 Å². The van der Waals surface area contributed by atoms with Gasteiger partial charge in [-0.05, 0) is 52.4 Å². The van der Waals surface area contributed by atoms with Crippen LogP contribution in [-0.2, 0) is 23.7 Å². The predicted molar refractivity (Wildman–Crippen MR) is 235 cm³/mol. The van der Waals surface area contributed by atoms with E-state index in [1.807, 2.05) is 55.5 Å². The highest BCUT2D eigenvalue weighted by molar-refractivity contribution is 5.70. The van der Waals surface area contributed by atoms with E-state index in [1.165, 1.54) is 0 Å². The molecule has 16 heteroatoms. The molecule has 0 radical (unpaired) electrons. The van der Waals surface area contributed by atoms with Crippen molar-refractivity contribution in [1.29, 1.82) is 0 Å². The summed E-state index contributed by atoms with van der Waals surface area (Å²) in [5.41, 5.74) is 6.06. The average molecular weight is 896 g/mol. The van der Waals surface area contributed by atoms with Crippen molar-refractivity contribution < 1.29 is 74.8 Å². The molecule has 19 unspecified atom stereocenters. The summed E-state index contributed by atoms with van der Waals surface area (Å²) < 4.78 is 23.6. The van der Waals surface area contributed by atoms with Crippen LogP contribution >= 0.6 is 0 Å². The molecule has 2 fully saturated rings. The van der Waals surface area contributed by atoms with Crippen molar-refractivity contribution in [2.24, 2.45) is 23.5 Å². The molecular weight excluding hydrogens is 819 g/mol. The van der Waals surface area contributed by atoms with Crippen molar-refractivity contribution >= 4 is 5.97 Å². The molecule has 19 atom stereocenters. The monoisotopic (exact) mass is 896 g/mol. The van der Waals surface area contributed by atoms with Crippen LogP contribution in [0.25, 0.3) is 0 Å². The number of nitrogens with two attached hydrogens (primary N) is 1. The van der Waals surface area contributed by atoms with Crippen molar-refractivity contribution in [2.45, 2.75) is 196 Å². The first-order valence-corrected chi connectivity index (χ1v) is 22.5. The lowest BCUT2D eigenvalue weighted by Gasteiger charge is -2.46. The highest BCUT2D eigenvalue weighted by atomic mass is 16.7. The highest BCUT2D eigenvalue weighted by Gasteiger charge is 2.47. The summed E-state index contributed by atoms with van der Waals surface area (Å²) in [4.78, 5) is 12.6. The zero-order chi connectivity index (χ0) is 46.9. The molecule has 3 heterocycles. The van der Waals surface area contributed by atoms with Gasteiger partial charge in [0, 0.05) is 37.0 Å². The number of hydrogen-bond acceptors (Lipinski definition) is 16. The normalized spacial score (nSPS) is 43.3. The quantitative estimate of drug-likeness (QED) is 0.177. The van der Waals surface area contributed by atoms with Gasteiger partial charge in [0.05, 0.1) is 79.6 Å². The Labute approximate surface area is 372 Å². The van der Waals surface area contributed by atoms with Crippen LogP contribution in [0.4, 0.5) is 0 Å². The third-order valence-corrected chi connectivity index (χ3v) is 12.3. The minimum atomic E-state index is -2.08. The van der Waals surface area contributed by atoms with Gasteiger partial charge < -0.3 is 75.7 Å². The number of rotatable bonds is 2. The number of cyclic esters (lactones) is 1. The number of hydrogen-bond donors (Lipinski definition) is 11. The van der Waals surface area contributed by atoms with Gasteiger partial charge in [0.15, 0.2) is 12.1 Å². The van der Waals surface area contributed by atoms with Crippen LogP contribution in [0.3, 0.4) is 0 Å². The number of fused-ring (bicyclic) bond motifs is 2. The molecule has 0 spiro atoms. The van der Waals surface area contributed by atoms with Crippen LogP contribution in [-0.4, -0.2) is 155 Å². The smallest absolute Gasteiger partial charge is 0.308 e. The first-order valence-electron chi connectivity index (χ1n) is 22.5. The van der Waals surface area contributed by atoms with E-state index in [9.17, 15) is 55.9 Å². The number of carbonyl (C=O) groups is 1. The first-order chi connectivity index (χ1) is 29.7. The zero-order valence-electron chi connectivity index (χ0n) is 37.5. The predicted octanol–water partition coefficient (Wildman–Crippen LogP) is 1.87. The van der Waals surface area contributed by atoms with Crippen molar-refractivity contribution in [3.63, 3.8) is 0 Å². The number of carbonyl (C=O) groups excluding carboxylic acids is 1. The van der Waals surface area contributed by atoms with E-state index in [2.05, 4.69) is 0 Å². The van der Waals surface area contributed by atoms with E-state index in [4.69, 9.17) is 24.7 Å². The van der Waals surface area contributed by atoms with Crippen LogP contribution in [0.15, 0.2) is 72.9 Å². The molecule has 0 aliphatic carbocycles. The number of aliphatic hydroxyl groups is 10. The summed E-state index contributed by atoms with van der Waals surface area (Å²) in [6.45, 7) is 8.64. The van der Waals surface area contributed by atoms with E-state index in [1.54, 1.807) is 52.0 Å². The summed E-state index contributed by atoms with van der Waals surface area (Å²) in [7, 11) is 0. The van der Waals surface area contributed by atoms with Crippen molar-refractivity contribution in [3.8, 4) is 0 Å². The first kappa shape index (κ1) is 54.7. The molecule has 360 valence electrons. The molecule has 0 aromatic heterocycles. The number of esters is 1. The second-order valence-corrected chi connectivity index (χ2v) is 17.8. The molecule has 3 rings (SSSR count). The summed E-state index contributed by atoms with van der Waals surface area (Å²) in [5.74, 6) is -3.95. The SMILES string of the molecule is CC1C=CC=CCCC=CC=CC=CC=CC(OC2OC(C)C(O)C(N)C2O)CC2OC(O)(CC(O)C(O)CCC(O)CC(O)CC(O)CC(=O)OC(C)C(C)C1O)CC(O)C2C. The van der Waals surface area contributed by atoms with Crippen molar-refractivity contribution in [3.05, 3.63) is 72.9 Å². The lowest BCUT2D eigenvalue weighted by Crippen LogP contribution is -2.61. The molecule has 2 saturated heterocycles. The highest BCUT2D eigenvalue weighted by Crippen LogP contribution is 2.38. The number of ether oxygens (including phenoxy) is 4. The Morgan fingerprint density at radius 1 is 0.635 bits per heavy atom. The Kier molecular flexibility index (Phi) is 23.5. The fraction of sp³-hybridized carbons (Fsp3) is 0.723. The molecule has 12 N–H and O–H groups in total. The maximum absolute atomic E-state index is 12.6. The molecule has 0 aromatic carbocycles. The van der Waals surface area contributed by atoms with Gasteiger partial charge in [0.25, 0.3) is 0 Å². The van der Waals surface area contributed by atoms with Crippen LogP contribution in [0.2, 0.25) is 0 Å². The van der Waals surface area contributed by atoms with Crippen LogP contribution < -0.4 is 5.73 Å². The fourth-order valence-corrected chi connectivity index (χ4v) is 7.95. The molecule has 16 nitrogen and oxygen atoms in total. The van der Waals surface area contributed by atoms with E-state index in [-0.39, 0.29) is 44.4 Å². The zero-order valence-corrected chi connectivity index (χ0v) is 37.5. The largest absolute Gasteiger partial charge is 0.462 e. The van der Waals surface area contributed by atoms with Gasteiger partial charge in [0.1, 0.15) is 12.2 Å². The second-order valence-electron chi connectivity index (χ2n) is 17.8. The molecular formula is C47H77NO15. The molecule has 0 aromatic rings. The van der Waals surface area contributed by atoms with Crippen molar-refractivity contribution in [2.75, 3.05) is 0 Å². The summed E-state index contributed by atoms with van der Waals surface area (Å²) in [5, 5.41) is 108. The average Bonchev–Trinajstić information content (AvgIpc) is 3.21. The maximum Gasteiger partial charge on any atom is 0.308 e. The van der Waals surface area contributed by atoms with Gasteiger partial charge in [-0.1, -0.05) is 93.7 Å². The third kappa shape index (κ3) is 18.6. The van der Waals surface area contributed by atoms with Gasteiger partial charge in [0.2, 0.25) is 0 Å². The standard InChI is InChI=1S/C47H77NO15/c1-28-18-16-14-12-10-8-6-7-9-11-13-15-17-19-36(62-46-45(58)42(48)44(57)32(5)61-46)25-40-30(3)38(53)26-47(59,63-40)27-39(54)37(52)21-20-33(49)22-34(50)23-35(51)24-41(55)60-31(4)29(2)43(28)56/h6-7,9,11-19,28-40,42-46,49-54,56-59H,8,10,20-27,48H2,1-5H3. The number of allylic oxidation sites excluding steroid dienone is 10. The Morgan fingerprint density at radius 3 is 1.90 bits per heavy atom. The molecule has 3 aliphatic heterocycles. The van der Waals surface area contributed by atoms with Gasteiger partial charge in [-0.15, -0.1) is 0 Å². The summed E-state index contributed by atoms with van der Waals surface area (Å²) in [6.07, 6.45) is 6.88. The minimum absolute atomic E-state index is 0.0504. The van der Waals surface area contributed by atoms with Crippen LogP contribution in [0, 0.1) is 17.8 Å². The molecule has 2 bridgehead atoms. The second kappa shape index (κ2) is 27.1. The number of aliphatic hydroxyl groups excluding tert-OH is 9. The topological polar surface area (TPSA) is 282 Å². The van der Waals surface area contributed by atoms with Gasteiger partial charge in [-0.25, -0.2) is 0 Å². The lowest BCUT2D eigenvalue weighted by molar-refractivity contribution is -0.310. The summed E-state index contributed by atoms with van der Waals surface area (Å²) in [6, 6.07) is -1.05. The Balaban J connectivity index is 1.79. The molecule has 3 aliphatic rings. The van der Waals surface area contributed by atoms with Crippen LogP contribution in [0.5, 0.6) is 0 Å². The van der Waals surface area contributed by atoms with E-state index < -0.39 is 128 Å². The third-order valence-electron chi connectivity index (χ3n) is 12.3. The van der Waals surface area contributed by atoms with Gasteiger partial charge in [-0.2, -0.15) is 0 Å². The Hall–Kier alpha value is -2.65. The minimum Gasteiger partial charge on any atom is -0.462 e. The molecule has 0 amide bonds. The van der Waals surface area contributed by atoms with Gasteiger partial charge in [-0.3, -0.25) is 4.79 Å².